The molecule has 1 aliphatic heterocycles. The van der Waals surface area contributed by atoms with E-state index in [1.54, 1.807) is 4.57 Å². The first-order chi connectivity index (χ1) is 19.8. The van der Waals surface area contributed by atoms with Crippen LogP contribution in [0.1, 0.15) is 49.1 Å². The van der Waals surface area contributed by atoms with Crippen molar-refractivity contribution in [2.75, 3.05) is 0 Å². The summed E-state index contributed by atoms with van der Waals surface area (Å²) in [4.78, 5) is 32.6. The molecule has 3 heterocycles. The number of ether oxygens (including phenoxy) is 1. The van der Waals surface area contributed by atoms with Crippen LogP contribution in [0.2, 0.25) is 0 Å². The minimum absolute atomic E-state index is 0.180. The molecular formula is C34H31N3O3S. The Morgan fingerprint density at radius 3 is 2.44 bits per heavy atom. The molecule has 7 heteroatoms. The lowest BCUT2D eigenvalue weighted by Crippen LogP contribution is -2.40. The van der Waals surface area contributed by atoms with Crippen LogP contribution in [0, 0.1) is 6.92 Å². The fourth-order valence-electron chi connectivity index (χ4n) is 5.36. The molecule has 6 nitrogen and oxygen atoms in total. The molecule has 0 spiro atoms. The van der Waals surface area contributed by atoms with Gasteiger partial charge in [0.15, 0.2) is 4.80 Å². The Hall–Kier alpha value is -4.49. The number of hydrogen-bond acceptors (Lipinski definition) is 5. The van der Waals surface area contributed by atoms with Crippen LogP contribution in [-0.4, -0.2) is 21.2 Å². The second-order valence-electron chi connectivity index (χ2n) is 10.7. The molecule has 0 bridgehead atoms. The topological polar surface area (TPSA) is 65.6 Å². The van der Waals surface area contributed by atoms with Gasteiger partial charge in [0, 0.05) is 29.2 Å². The van der Waals surface area contributed by atoms with Crippen molar-refractivity contribution >= 4 is 34.3 Å². The minimum Gasteiger partial charge on any atom is -0.459 e. The van der Waals surface area contributed by atoms with E-state index in [4.69, 9.17) is 9.73 Å². The molecular weight excluding hydrogens is 530 g/mol. The third-order valence-electron chi connectivity index (χ3n) is 7.28. The largest absolute Gasteiger partial charge is 0.459 e. The average Bonchev–Trinajstić information content (AvgIpc) is 3.45. The number of esters is 1. The van der Waals surface area contributed by atoms with Gasteiger partial charge in [0.25, 0.3) is 5.56 Å². The second kappa shape index (κ2) is 10.8. The van der Waals surface area contributed by atoms with E-state index in [1.807, 2.05) is 69.3 Å². The average molecular weight is 562 g/mol. The van der Waals surface area contributed by atoms with Crippen LogP contribution in [0.3, 0.4) is 0 Å². The predicted octanol–water partition coefficient (Wildman–Crippen LogP) is 5.50. The van der Waals surface area contributed by atoms with Gasteiger partial charge < -0.3 is 9.30 Å². The number of fused-ring (bicyclic) bond motifs is 2. The van der Waals surface area contributed by atoms with Crippen molar-refractivity contribution in [1.82, 2.24) is 9.13 Å². The number of carbonyl (C=O) groups is 1. The van der Waals surface area contributed by atoms with E-state index in [9.17, 15) is 9.59 Å². The fourth-order valence-corrected chi connectivity index (χ4v) is 6.40. The van der Waals surface area contributed by atoms with Gasteiger partial charge in [-0.1, -0.05) is 89.7 Å². The lowest BCUT2D eigenvalue weighted by atomic mass is 9.96. The predicted molar refractivity (Wildman–Crippen MR) is 164 cm³/mol. The van der Waals surface area contributed by atoms with Crippen molar-refractivity contribution in [3.8, 4) is 0 Å². The zero-order chi connectivity index (χ0) is 28.7. The van der Waals surface area contributed by atoms with E-state index in [0.29, 0.717) is 20.6 Å². The number of benzene rings is 3. The quantitative estimate of drug-likeness (QED) is 0.257. The molecule has 1 atom stereocenters. The highest BCUT2D eigenvalue weighted by Crippen LogP contribution is 2.31. The summed E-state index contributed by atoms with van der Waals surface area (Å²) < 4.78 is 10.0. The van der Waals surface area contributed by atoms with Crippen LogP contribution in [-0.2, 0) is 16.1 Å². The summed E-state index contributed by atoms with van der Waals surface area (Å²) in [6.07, 6.45) is 3.76. The molecule has 3 aromatic carbocycles. The molecule has 6 rings (SSSR count). The first-order valence-electron chi connectivity index (χ1n) is 13.7. The molecule has 1 unspecified atom stereocenters. The van der Waals surface area contributed by atoms with Crippen molar-refractivity contribution < 1.29 is 9.53 Å². The van der Waals surface area contributed by atoms with Crippen LogP contribution >= 0.6 is 11.3 Å². The van der Waals surface area contributed by atoms with Crippen molar-refractivity contribution in [3.63, 3.8) is 0 Å². The summed E-state index contributed by atoms with van der Waals surface area (Å²) in [6.45, 7) is 8.25. The first-order valence-corrected chi connectivity index (χ1v) is 14.5. The molecule has 0 amide bonds. The van der Waals surface area contributed by atoms with E-state index >= 15 is 0 Å². The van der Waals surface area contributed by atoms with E-state index in [1.165, 1.54) is 22.5 Å². The van der Waals surface area contributed by atoms with Crippen molar-refractivity contribution in [3.05, 3.63) is 138 Å². The van der Waals surface area contributed by atoms with Gasteiger partial charge in [-0.25, -0.2) is 9.79 Å². The van der Waals surface area contributed by atoms with Gasteiger partial charge in [-0.05, 0) is 51.0 Å². The molecule has 5 aromatic rings. The first kappa shape index (κ1) is 26.7. The molecule has 0 saturated heterocycles. The van der Waals surface area contributed by atoms with Gasteiger partial charge in [0.1, 0.15) is 0 Å². The Balaban J connectivity index is 1.50. The van der Waals surface area contributed by atoms with E-state index in [0.717, 1.165) is 28.6 Å². The summed E-state index contributed by atoms with van der Waals surface area (Å²) in [5.41, 5.74) is 6.10. The highest BCUT2D eigenvalue weighted by Gasteiger charge is 2.33. The number of aromatic nitrogens is 2. The van der Waals surface area contributed by atoms with Gasteiger partial charge >= 0.3 is 5.97 Å². The maximum absolute atomic E-state index is 14.1. The summed E-state index contributed by atoms with van der Waals surface area (Å²) in [5.74, 6) is -0.455. The molecule has 0 radical (unpaired) electrons. The number of carbonyl (C=O) groups excluding carboxylic acids is 1. The summed E-state index contributed by atoms with van der Waals surface area (Å²) in [7, 11) is 0. The van der Waals surface area contributed by atoms with Crippen LogP contribution < -0.4 is 14.9 Å². The van der Waals surface area contributed by atoms with E-state index < -0.39 is 12.0 Å². The third kappa shape index (κ3) is 5.09. The number of nitrogens with zero attached hydrogens (tertiary/aromatic N) is 3. The van der Waals surface area contributed by atoms with E-state index in [-0.39, 0.29) is 11.7 Å². The van der Waals surface area contributed by atoms with Crippen molar-refractivity contribution in [1.29, 1.82) is 0 Å². The number of hydrogen-bond donors (Lipinski definition) is 0. The molecule has 0 aliphatic carbocycles. The standard InChI is InChI=1S/C34H31N3O3S/c1-21(2)40-33(39)30-23(4)35-34-37(31(30)25-10-6-5-7-11-25)32(38)29(41-34)18-26-20-36(28-13-9-8-12-27(26)28)19-24-16-14-22(3)15-17-24/h5-18,20-21,31H,19H2,1-4H3. The SMILES string of the molecule is CC1=C(C(=O)OC(C)C)C(c2ccccc2)n2c(sc(=Cc3cn(Cc4ccc(C)cc4)c4ccccc34)c2=O)=N1. The lowest BCUT2D eigenvalue weighted by Gasteiger charge is -2.25. The number of aryl methyl sites for hydroxylation is 1. The summed E-state index contributed by atoms with van der Waals surface area (Å²) in [6, 6.07) is 25.8. The Kier molecular flexibility index (Phi) is 7.05. The third-order valence-corrected chi connectivity index (χ3v) is 8.26. The molecule has 0 N–H and O–H groups in total. The monoisotopic (exact) mass is 561 g/mol. The number of thiazole rings is 1. The molecule has 2 aromatic heterocycles. The highest BCUT2D eigenvalue weighted by molar-refractivity contribution is 7.07. The zero-order valence-corrected chi connectivity index (χ0v) is 24.3. The number of rotatable bonds is 6. The minimum atomic E-state index is -0.622. The van der Waals surface area contributed by atoms with Gasteiger partial charge in [-0.15, -0.1) is 0 Å². The second-order valence-corrected chi connectivity index (χ2v) is 11.7. The molecule has 206 valence electrons. The Morgan fingerprint density at radius 2 is 1.71 bits per heavy atom. The Labute approximate surface area is 242 Å². The lowest BCUT2D eigenvalue weighted by molar-refractivity contribution is -0.143. The van der Waals surface area contributed by atoms with Crippen LogP contribution in [0.5, 0.6) is 0 Å². The van der Waals surface area contributed by atoms with Crippen LogP contribution in [0.4, 0.5) is 0 Å². The highest BCUT2D eigenvalue weighted by atomic mass is 32.1. The van der Waals surface area contributed by atoms with Gasteiger partial charge in [-0.2, -0.15) is 0 Å². The van der Waals surface area contributed by atoms with Crippen molar-refractivity contribution in [2.24, 2.45) is 4.99 Å². The number of allylic oxidation sites excluding steroid dienone is 1. The van der Waals surface area contributed by atoms with Gasteiger partial charge in [-0.3, -0.25) is 9.36 Å². The summed E-state index contributed by atoms with van der Waals surface area (Å²) in [5, 5.41) is 1.07. The molecule has 0 saturated carbocycles. The van der Waals surface area contributed by atoms with Crippen LogP contribution in [0.25, 0.3) is 17.0 Å². The Bertz CT molecular complexity index is 1980. The summed E-state index contributed by atoms with van der Waals surface area (Å²) >= 11 is 1.34. The molecule has 0 fully saturated rings. The maximum Gasteiger partial charge on any atom is 0.338 e. The van der Waals surface area contributed by atoms with Crippen molar-refractivity contribution in [2.45, 2.75) is 46.4 Å². The van der Waals surface area contributed by atoms with Gasteiger partial charge in [0.05, 0.1) is 27.9 Å². The van der Waals surface area contributed by atoms with Gasteiger partial charge in [0.2, 0.25) is 0 Å². The number of para-hydroxylation sites is 1. The smallest absolute Gasteiger partial charge is 0.338 e. The normalized spacial score (nSPS) is 15.3. The molecule has 1 aliphatic rings. The fraction of sp³-hybridized carbons (Fsp3) is 0.206. The van der Waals surface area contributed by atoms with E-state index in [2.05, 4.69) is 54.1 Å². The zero-order valence-electron chi connectivity index (χ0n) is 23.5. The van der Waals surface area contributed by atoms with Crippen LogP contribution in [0.15, 0.2) is 106 Å². The molecule has 41 heavy (non-hydrogen) atoms. The Morgan fingerprint density at radius 1 is 1.00 bits per heavy atom. The maximum atomic E-state index is 14.1.